The van der Waals surface area contributed by atoms with Crippen molar-refractivity contribution in [3.8, 4) is 0 Å². The van der Waals surface area contributed by atoms with Crippen LogP contribution in [-0.2, 0) is 6.54 Å². The summed E-state index contributed by atoms with van der Waals surface area (Å²) in [6, 6.07) is 5.20. The van der Waals surface area contributed by atoms with Crippen molar-refractivity contribution >= 4 is 29.2 Å². The van der Waals surface area contributed by atoms with Crippen LogP contribution in [-0.4, -0.2) is 11.4 Å². The van der Waals surface area contributed by atoms with Gasteiger partial charge in [0.2, 0.25) is 0 Å². The number of nitrogen functional groups attached to an aromatic ring is 1. The maximum atomic E-state index is 7.18. The van der Waals surface area contributed by atoms with Crippen molar-refractivity contribution in [3.63, 3.8) is 0 Å². The van der Waals surface area contributed by atoms with Gasteiger partial charge >= 0.3 is 0 Å². The molecule has 0 radical (unpaired) electrons. The van der Waals surface area contributed by atoms with Gasteiger partial charge in [-0.25, -0.2) is 0 Å². The number of aryl methyl sites for hydroxylation is 1. The zero-order chi connectivity index (χ0) is 13.1. The minimum absolute atomic E-state index is 0.500. The topological polar surface area (TPSA) is 87.9 Å². The lowest BCUT2D eigenvalue weighted by molar-refractivity contribution is 0.391. The van der Waals surface area contributed by atoms with Gasteiger partial charge in [-0.2, -0.15) is 0 Å². The van der Waals surface area contributed by atoms with Gasteiger partial charge in [0.25, 0.3) is 0 Å². The van der Waals surface area contributed by atoms with E-state index in [4.69, 9.17) is 27.3 Å². The summed E-state index contributed by atoms with van der Waals surface area (Å²) in [7, 11) is 0. The molecule has 2 aromatic rings. The first-order chi connectivity index (χ1) is 8.60. The number of aromatic nitrogens is 1. The first-order valence-corrected chi connectivity index (χ1v) is 5.73. The second-order valence-corrected chi connectivity index (χ2v) is 4.29. The van der Waals surface area contributed by atoms with Gasteiger partial charge in [0.05, 0.1) is 17.3 Å². The molecule has 1 aromatic carbocycles. The average molecular weight is 265 g/mol. The molecule has 0 saturated carbocycles. The predicted molar refractivity (Wildman–Crippen MR) is 72.3 cm³/mol. The number of nitrogens with two attached hydrogens (primary N) is 1. The molecule has 0 fully saturated rings. The van der Waals surface area contributed by atoms with Crippen LogP contribution in [0.25, 0.3) is 0 Å². The number of benzene rings is 1. The number of nitrogens with zero attached hydrogens (tertiary/aromatic N) is 1. The van der Waals surface area contributed by atoms with Crippen LogP contribution in [0.2, 0.25) is 5.02 Å². The Hall–Kier alpha value is -2.01. The number of rotatable bonds is 4. The van der Waals surface area contributed by atoms with E-state index in [0.717, 1.165) is 11.5 Å². The molecule has 2 rings (SSSR count). The fourth-order valence-corrected chi connectivity index (χ4v) is 1.79. The highest BCUT2D eigenvalue weighted by atomic mass is 35.5. The second-order valence-electron chi connectivity index (χ2n) is 3.89. The molecule has 18 heavy (non-hydrogen) atoms. The van der Waals surface area contributed by atoms with Gasteiger partial charge in [0.15, 0.2) is 0 Å². The number of hydrogen-bond donors (Lipinski definition) is 3. The SMILES string of the molecule is Cc1cc(CNc2cc(N)c(C=N)cc2Cl)no1. The van der Waals surface area contributed by atoms with E-state index >= 15 is 0 Å². The molecule has 0 unspecified atom stereocenters. The largest absolute Gasteiger partial charge is 0.398 e. The van der Waals surface area contributed by atoms with Gasteiger partial charge in [-0.15, -0.1) is 0 Å². The molecule has 4 N–H and O–H groups in total. The van der Waals surface area contributed by atoms with Crippen LogP contribution in [0, 0.1) is 12.3 Å². The fraction of sp³-hybridized carbons (Fsp3) is 0.167. The Kier molecular flexibility index (Phi) is 3.53. The highest BCUT2D eigenvalue weighted by Gasteiger charge is 2.06. The Balaban J connectivity index is 2.14. The maximum absolute atomic E-state index is 7.18. The Morgan fingerprint density at radius 3 is 2.89 bits per heavy atom. The van der Waals surface area contributed by atoms with Crippen LogP contribution in [0.3, 0.4) is 0 Å². The first-order valence-electron chi connectivity index (χ1n) is 5.35. The zero-order valence-corrected chi connectivity index (χ0v) is 10.6. The monoisotopic (exact) mass is 264 g/mol. The third-order valence-corrected chi connectivity index (χ3v) is 2.78. The van der Waals surface area contributed by atoms with Gasteiger partial charge in [-0.1, -0.05) is 16.8 Å². The lowest BCUT2D eigenvalue weighted by Crippen LogP contribution is -2.02. The van der Waals surface area contributed by atoms with E-state index in [1.807, 2.05) is 13.0 Å². The van der Waals surface area contributed by atoms with E-state index < -0.39 is 0 Å². The van der Waals surface area contributed by atoms with Crippen LogP contribution in [0.15, 0.2) is 22.7 Å². The number of nitrogens with one attached hydrogen (secondary N) is 2. The van der Waals surface area contributed by atoms with Crippen molar-refractivity contribution in [3.05, 3.63) is 40.2 Å². The van der Waals surface area contributed by atoms with Crippen molar-refractivity contribution in [2.24, 2.45) is 0 Å². The van der Waals surface area contributed by atoms with Gasteiger partial charge in [0, 0.05) is 23.5 Å². The quantitative estimate of drug-likeness (QED) is 0.585. The van der Waals surface area contributed by atoms with Crippen LogP contribution in [0.1, 0.15) is 17.0 Å². The van der Waals surface area contributed by atoms with Gasteiger partial charge in [-0.3, -0.25) is 0 Å². The highest BCUT2D eigenvalue weighted by Crippen LogP contribution is 2.27. The number of hydrogen-bond acceptors (Lipinski definition) is 5. The Bertz CT molecular complexity index is 579. The first kappa shape index (κ1) is 12.4. The van der Waals surface area contributed by atoms with Crippen molar-refractivity contribution < 1.29 is 4.52 Å². The minimum Gasteiger partial charge on any atom is -0.398 e. The van der Waals surface area contributed by atoms with E-state index in [2.05, 4.69) is 10.5 Å². The molecule has 94 valence electrons. The molecular weight excluding hydrogens is 252 g/mol. The maximum Gasteiger partial charge on any atom is 0.133 e. The summed E-state index contributed by atoms with van der Waals surface area (Å²) in [5.41, 5.74) is 8.40. The Labute approximate surface area is 109 Å². The molecule has 0 aliphatic rings. The summed E-state index contributed by atoms with van der Waals surface area (Å²) in [5.74, 6) is 0.761. The molecule has 0 aliphatic heterocycles. The average Bonchev–Trinajstić information content (AvgIpc) is 2.75. The standard InChI is InChI=1S/C12H13ClN4O/c1-7-2-9(17-18-7)6-16-12-4-11(15)8(5-14)3-10(12)13/h2-5,14,16H,6,15H2,1H3. The summed E-state index contributed by atoms with van der Waals surface area (Å²) < 4.78 is 4.97. The molecule has 5 nitrogen and oxygen atoms in total. The van der Waals surface area contributed by atoms with E-state index in [-0.39, 0.29) is 0 Å². The smallest absolute Gasteiger partial charge is 0.133 e. The third-order valence-electron chi connectivity index (χ3n) is 2.46. The van der Waals surface area contributed by atoms with Crippen molar-refractivity contribution in [2.45, 2.75) is 13.5 Å². The minimum atomic E-state index is 0.500. The third kappa shape index (κ3) is 2.62. The Morgan fingerprint density at radius 2 is 2.28 bits per heavy atom. The summed E-state index contributed by atoms with van der Waals surface area (Å²) in [6.45, 7) is 2.33. The Morgan fingerprint density at radius 1 is 1.50 bits per heavy atom. The molecule has 6 heteroatoms. The molecule has 0 aliphatic carbocycles. The number of halogens is 1. The molecule has 0 bridgehead atoms. The highest BCUT2D eigenvalue weighted by molar-refractivity contribution is 6.33. The summed E-state index contributed by atoms with van der Waals surface area (Å²) in [4.78, 5) is 0. The predicted octanol–water partition coefficient (Wildman–Crippen LogP) is 2.83. The van der Waals surface area contributed by atoms with Crippen LogP contribution >= 0.6 is 11.6 Å². The van der Waals surface area contributed by atoms with Crippen molar-refractivity contribution in [1.82, 2.24) is 5.16 Å². The van der Waals surface area contributed by atoms with Gasteiger partial charge < -0.3 is 21.0 Å². The summed E-state index contributed by atoms with van der Waals surface area (Å²) in [5, 5.41) is 14.7. The van der Waals surface area contributed by atoms with Gasteiger partial charge in [-0.05, 0) is 19.1 Å². The van der Waals surface area contributed by atoms with Crippen molar-refractivity contribution in [1.29, 1.82) is 5.41 Å². The number of anilines is 2. The van der Waals surface area contributed by atoms with E-state index in [0.29, 0.717) is 28.5 Å². The van der Waals surface area contributed by atoms with E-state index in [1.54, 1.807) is 12.1 Å². The second kappa shape index (κ2) is 5.10. The molecule has 1 aromatic heterocycles. The molecule has 0 saturated heterocycles. The molecular formula is C12H13ClN4O. The molecule has 1 heterocycles. The molecule has 0 amide bonds. The van der Waals surface area contributed by atoms with Crippen molar-refractivity contribution in [2.75, 3.05) is 11.1 Å². The van der Waals surface area contributed by atoms with E-state index in [9.17, 15) is 0 Å². The molecule has 0 atom stereocenters. The zero-order valence-electron chi connectivity index (χ0n) is 9.83. The van der Waals surface area contributed by atoms with Crippen LogP contribution < -0.4 is 11.1 Å². The van der Waals surface area contributed by atoms with Crippen LogP contribution in [0.4, 0.5) is 11.4 Å². The summed E-state index contributed by atoms with van der Waals surface area (Å²) in [6.07, 6.45) is 1.17. The lowest BCUT2D eigenvalue weighted by Gasteiger charge is -2.09. The lowest BCUT2D eigenvalue weighted by atomic mass is 10.1. The summed E-state index contributed by atoms with van der Waals surface area (Å²) >= 11 is 6.09. The van der Waals surface area contributed by atoms with E-state index in [1.165, 1.54) is 6.21 Å². The molecule has 0 spiro atoms. The fourth-order valence-electron chi connectivity index (χ4n) is 1.55. The van der Waals surface area contributed by atoms with Crippen LogP contribution in [0.5, 0.6) is 0 Å². The normalized spacial score (nSPS) is 10.3. The van der Waals surface area contributed by atoms with Gasteiger partial charge in [0.1, 0.15) is 11.5 Å².